The fourth-order valence-corrected chi connectivity index (χ4v) is 1.07. The number of benzene rings is 1. The SMILES string of the molecule is CN(N)C(=O)c1ccccc1C(F)F. The third-order valence-electron chi connectivity index (χ3n) is 1.75. The van der Waals surface area contributed by atoms with Crippen LogP contribution < -0.4 is 5.84 Å². The van der Waals surface area contributed by atoms with Gasteiger partial charge in [-0.25, -0.2) is 14.6 Å². The van der Waals surface area contributed by atoms with Gasteiger partial charge in [-0.15, -0.1) is 0 Å². The molecule has 0 unspecified atom stereocenters. The lowest BCUT2D eigenvalue weighted by molar-refractivity contribution is 0.0783. The van der Waals surface area contributed by atoms with E-state index in [9.17, 15) is 13.6 Å². The summed E-state index contributed by atoms with van der Waals surface area (Å²) >= 11 is 0. The predicted molar refractivity (Wildman–Crippen MR) is 47.7 cm³/mol. The van der Waals surface area contributed by atoms with E-state index in [0.29, 0.717) is 0 Å². The van der Waals surface area contributed by atoms with Gasteiger partial charge in [-0.3, -0.25) is 9.80 Å². The molecular formula is C9H10F2N2O. The van der Waals surface area contributed by atoms with Crippen molar-refractivity contribution in [1.82, 2.24) is 5.01 Å². The van der Waals surface area contributed by atoms with Crippen LogP contribution in [0.1, 0.15) is 22.3 Å². The van der Waals surface area contributed by atoms with Crippen LogP contribution in [0.15, 0.2) is 24.3 Å². The summed E-state index contributed by atoms with van der Waals surface area (Å²) in [7, 11) is 1.31. The summed E-state index contributed by atoms with van der Waals surface area (Å²) in [5.41, 5.74) is -0.359. The quantitative estimate of drug-likeness (QED) is 0.447. The second-order valence-electron chi connectivity index (χ2n) is 2.80. The molecule has 14 heavy (non-hydrogen) atoms. The Balaban J connectivity index is 3.13. The Morgan fingerprint density at radius 3 is 2.50 bits per heavy atom. The van der Waals surface area contributed by atoms with Crippen LogP contribution in [0, 0.1) is 0 Å². The van der Waals surface area contributed by atoms with Gasteiger partial charge in [-0.05, 0) is 6.07 Å². The molecule has 1 aromatic rings. The summed E-state index contributed by atoms with van der Waals surface area (Å²) in [4.78, 5) is 11.3. The molecule has 0 spiro atoms. The van der Waals surface area contributed by atoms with Gasteiger partial charge >= 0.3 is 0 Å². The Bertz CT molecular complexity index is 339. The average Bonchev–Trinajstić information content (AvgIpc) is 2.16. The van der Waals surface area contributed by atoms with Gasteiger partial charge in [0, 0.05) is 18.2 Å². The normalized spacial score (nSPS) is 10.4. The van der Waals surface area contributed by atoms with Gasteiger partial charge in [0.15, 0.2) is 0 Å². The molecule has 1 rings (SSSR count). The third-order valence-corrected chi connectivity index (χ3v) is 1.75. The topological polar surface area (TPSA) is 46.3 Å². The molecular weight excluding hydrogens is 190 g/mol. The first kappa shape index (κ1) is 10.6. The highest BCUT2D eigenvalue weighted by Gasteiger charge is 2.18. The van der Waals surface area contributed by atoms with E-state index in [1.807, 2.05) is 0 Å². The Kier molecular flexibility index (Phi) is 3.14. The highest BCUT2D eigenvalue weighted by molar-refractivity contribution is 5.95. The Labute approximate surface area is 80.1 Å². The lowest BCUT2D eigenvalue weighted by atomic mass is 10.1. The summed E-state index contributed by atoms with van der Waals surface area (Å²) in [6.45, 7) is 0. The zero-order valence-corrected chi connectivity index (χ0v) is 7.58. The maximum Gasteiger partial charge on any atom is 0.267 e. The molecule has 0 aliphatic heterocycles. The highest BCUT2D eigenvalue weighted by Crippen LogP contribution is 2.22. The maximum absolute atomic E-state index is 12.4. The molecule has 0 saturated carbocycles. The van der Waals surface area contributed by atoms with Gasteiger partial charge < -0.3 is 0 Å². The number of amides is 1. The smallest absolute Gasteiger partial charge is 0.267 e. The van der Waals surface area contributed by atoms with Crippen molar-refractivity contribution in [3.05, 3.63) is 35.4 Å². The third kappa shape index (κ3) is 2.05. The number of nitrogens with two attached hydrogens (primary N) is 1. The number of carbonyl (C=O) groups excluding carboxylic acids is 1. The van der Waals surface area contributed by atoms with Gasteiger partial charge in [0.2, 0.25) is 0 Å². The molecule has 0 bridgehead atoms. The van der Waals surface area contributed by atoms with Gasteiger partial charge in [0.05, 0.1) is 0 Å². The minimum absolute atomic E-state index is 0.0625. The van der Waals surface area contributed by atoms with Crippen molar-refractivity contribution >= 4 is 5.91 Å². The van der Waals surface area contributed by atoms with E-state index in [1.165, 1.54) is 31.3 Å². The molecule has 1 aromatic carbocycles. The van der Waals surface area contributed by atoms with E-state index in [0.717, 1.165) is 5.01 Å². The van der Waals surface area contributed by atoms with Gasteiger partial charge in [0.25, 0.3) is 12.3 Å². The van der Waals surface area contributed by atoms with E-state index in [4.69, 9.17) is 5.84 Å². The summed E-state index contributed by atoms with van der Waals surface area (Å²) in [6, 6.07) is 5.51. The molecule has 0 atom stereocenters. The Morgan fingerprint density at radius 2 is 2.00 bits per heavy atom. The summed E-state index contributed by atoms with van der Waals surface area (Å²) < 4.78 is 24.9. The number of rotatable bonds is 2. The Hall–Kier alpha value is -1.49. The largest absolute Gasteiger partial charge is 0.280 e. The monoisotopic (exact) mass is 200 g/mol. The van der Waals surface area contributed by atoms with Gasteiger partial charge in [-0.1, -0.05) is 18.2 Å². The van der Waals surface area contributed by atoms with E-state index in [1.54, 1.807) is 0 Å². The van der Waals surface area contributed by atoms with Crippen LogP contribution in [0.25, 0.3) is 0 Å². The van der Waals surface area contributed by atoms with Crippen LogP contribution >= 0.6 is 0 Å². The standard InChI is InChI=1S/C9H10F2N2O/c1-13(12)9(14)7-5-3-2-4-6(7)8(10)11/h2-5,8H,12H2,1H3. The number of hydrogen-bond acceptors (Lipinski definition) is 2. The molecule has 1 amide bonds. The van der Waals surface area contributed by atoms with E-state index < -0.39 is 12.3 Å². The summed E-state index contributed by atoms with van der Waals surface area (Å²) in [5, 5.41) is 0.779. The highest BCUT2D eigenvalue weighted by atomic mass is 19.3. The van der Waals surface area contributed by atoms with Gasteiger partial charge in [0.1, 0.15) is 0 Å². The van der Waals surface area contributed by atoms with Crippen LogP contribution in [-0.4, -0.2) is 18.0 Å². The number of hydrazine groups is 1. The van der Waals surface area contributed by atoms with E-state index in [-0.39, 0.29) is 11.1 Å². The lowest BCUT2D eigenvalue weighted by Crippen LogP contribution is -2.33. The molecule has 0 fully saturated rings. The molecule has 0 radical (unpaired) electrons. The van der Waals surface area contributed by atoms with Crippen LogP contribution in [0.5, 0.6) is 0 Å². The predicted octanol–water partition coefficient (Wildman–Crippen LogP) is 1.57. The molecule has 0 saturated heterocycles. The maximum atomic E-state index is 12.4. The van der Waals surface area contributed by atoms with Crippen molar-refractivity contribution in [2.75, 3.05) is 7.05 Å². The first-order chi connectivity index (χ1) is 6.54. The summed E-state index contributed by atoms with van der Waals surface area (Å²) in [5.74, 6) is 4.55. The minimum Gasteiger partial charge on any atom is -0.280 e. The zero-order chi connectivity index (χ0) is 10.7. The van der Waals surface area contributed by atoms with Crippen LogP contribution in [0.4, 0.5) is 8.78 Å². The van der Waals surface area contributed by atoms with Crippen LogP contribution in [-0.2, 0) is 0 Å². The fourth-order valence-electron chi connectivity index (χ4n) is 1.07. The second kappa shape index (κ2) is 4.15. The van der Waals surface area contributed by atoms with E-state index >= 15 is 0 Å². The minimum atomic E-state index is -2.67. The molecule has 0 heterocycles. The molecule has 3 nitrogen and oxygen atoms in total. The lowest BCUT2D eigenvalue weighted by Gasteiger charge is -2.12. The van der Waals surface area contributed by atoms with Crippen molar-refractivity contribution in [2.45, 2.75) is 6.43 Å². The number of carbonyl (C=O) groups is 1. The number of alkyl halides is 2. The number of nitrogens with zero attached hydrogens (tertiary/aromatic N) is 1. The van der Waals surface area contributed by atoms with Crippen LogP contribution in [0.2, 0.25) is 0 Å². The van der Waals surface area contributed by atoms with E-state index in [2.05, 4.69) is 0 Å². The Morgan fingerprint density at radius 1 is 1.43 bits per heavy atom. The van der Waals surface area contributed by atoms with Crippen LogP contribution in [0.3, 0.4) is 0 Å². The molecule has 5 heteroatoms. The average molecular weight is 200 g/mol. The van der Waals surface area contributed by atoms with Crippen molar-refractivity contribution in [3.8, 4) is 0 Å². The fraction of sp³-hybridized carbons (Fsp3) is 0.222. The van der Waals surface area contributed by atoms with Gasteiger partial charge in [-0.2, -0.15) is 0 Å². The zero-order valence-electron chi connectivity index (χ0n) is 7.58. The van der Waals surface area contributed by atoms with Crippen molar-refractivity contribution in [3.63, 3.8) is 0 Å². The molecule has 2 N–H and O–H groups in total. The number of hydrogen-bond donors (Lipinski definition) is 1. The second-order valence-corrected chi connectivity index (χ2v) is 2.80. The van der Waals surface area contributed by atoms with Crippen molar-refractivity contribution in [2.24, 2.45) is 5.84 Å². The molecule has 76 valence electrons. The molecule has 0 aliphatic rings. The van der Waals surface area contributed by atoms with Crippen molar-refractivity contribution < 1.29 is 13.6 Å². The number of halogens is 2. The summed E-state index contributed by atoms with van der Waals surface area (Å²) in [6.07, 6.45) is -2.67. The molecule has 0 aliphatic carbocycles. The first-order valence-corrected chi connectivity index (χ1v) is 3.94. The van der Waals surface area contributed by atoms with Crippen molar-refractivity contribution in [1.29, 1.82) is 0 Å². The first-order valence-electron chi connectivity index (χ1n) is 3.94. The molecule has 0 aromatic heterocycles.